The number of sulfonamides is 1. The molecule has 1 aromatic carbocycles. The number of nitrogens with one attached hydrogen (secondary N) is 1. The minimum atomic E-state index is -4.14. The molecule has 1 saturated heterocycles. The van der Waals surface area contributed by atoms with Gasteiger partial charge in [-0.25, -0.2) is 8.42 Å². The van der Waals surface area contributed by atoms with Gasteiger partial charge in [-0.2, -0.15) is 17.5 Å². The zero-order valence-corrected chi connectivity index (χ0v) is 25.8. The number of amidine groups is 1. The number of carbonyl (C=O) groups excluding carboxylic acids is 2. The van der Waals surface area contributed by atoms with Crippen LogP contribution < -0.4 is 10.2 Å². The number of rotatable bonds is 10. The molecule has 1 N–H and O–H groups in total. The normalized spacial score (nSPS) is 23.0. The van der Waals surface area contributed by atoms with Crippen molar-refractivity contribution in [2.45, 2.75) is 76.9 Å². The highest BCUT2D eigenvalue weighted by Crippen LogP contribution is 2.38. The lowest BCUT2D eigenvalue weighted by atomic mass is 9.79. The number of benzene rings is 1. The van der Waals surface area contributed by atoms with Crippen molar-refractivity contribution < 1.29 is 35.9 Å². The number of halogens is 3. The van der Waals surface area contributed by atoms with Gasteiger partial charge in [0, 0.05) is 57.1 Å². The van der Waals surface area contributed by atoms with E-state index in [1.54, 1.807) is 24.1 Å². The average molecular weight is 627 g/mol. The molecule has 1 spiro atoms. The molecule has 1 aromatic rings. The molecule has 0 radical (unpaired) electrons. The van der Waals surface area contributed by atoms with Gasteiger partial charge in [-0.3, -0.25) is 14.6 Å². The minimum absolute atomic E-state index is 0.00675. The Morgan fingerprint density at radius 1 is 1.21 bits per heavy atom. The van der Waals surface area contributed by atoms with E-state index in [4.69, 9.17) is 9.73 Å². The highest BCUT2D eigenvalue weighted by molar-refractivity contribution is 7.92. The van der Waals surface area contributed by atoms with Crippen molar-refractivity contribution in [3.63, 3.8) is 0 Å². The maximum Gasteiger partial charge on any atom is 0.389 e. The Kier molecular flexibility index (Phi) is 10.4. The van der Waals surface area contributed by atoms with Crippen molar-refractivity contribution in [1.82, 2.24) is 9.62 Å². The summed E-state index contributed by atoms with van der Waals surface area (Å²) in [6.07, 6.45) is -0.00690. The number of anilines is 1. The Balaban J connectivity index is 1.35. The molecular formula is C30H41F3N4O5S. The first-order valence-corrected chi connectivity index (χ1v) is 16.3. The number of carbonyl (C=O) groups is 2. The van der Waals surface area contributed by atoms with Crippen LogP contribution in [-0.2, 0) is 24.3 Å². The quantitative estimate of drug-likeness (QED) is 0.401. The molecule has 2 amide bonds. The summed E-state index contributed by atoms with van der Waals surface area (Å²) < 4.78 is 70.5. The average Bonchev–Trinajstić information content (AvgIpc) is 3.26. The van der Waals surface area contributed by atoms with Crippen molar-refractivity contribution in [3.8, 4) is 0 Å². The third-order valence-electron chi connectivity index (χ3n) is 8.86. The first kappa shape index (κ1) is 33.1. The number of hydrogen-bond acceptors (Lipinski definition) is 6. The van der Waals surface area contributed by atoms with Crippen LogP contribution in [0.25, 0.3) is 6.08 Å². The van der Waals surface area contributed by atoms with Gasteiger partial charge in [0.25, 0.3) is 5.91 Å². The summed E-state index contributed by atoms with van der Waals surface area (Å²) in [5.41, 5.74) is 1.21. The number of amides is 2. The third kappa shape index (κ3) is 8.24. The van der Waals surface area contributed by atoms with E-state index in [9.17, 15) is 31.2 Å². The van der Waals surface area contributed by atoms with E-state index in [-0.39, 0.29) is 56.0 Å². The van der Waals surface area contributed by atoms with Gasteiger partial charge in [-0.1, -0.05) is 6.07 Å². The van der Waals surface area contributed by atoms with Gasteiger partial charge in [0.05, 0.1) is 6.61 Å². The summed E-state index contributed by atoms with van der Waals surface area (Å²) in [6.45, 7) is 4.41. The molecule has 4 rings (SSSR count). The fourth-order valence-electron chi connectivity index (χ4n) is 6.19. The van der Waals surface area contributed by atoms with Gasteiger partial charge < -0.3 is 15.0 Å². The number of nitrogens with zero attached hydrogens (tertiary/aromatic N) is 3. The molecular weight excluding hydrogens is 585 g/mol. The molecule has 0 atom stereocenters. The fraction of sp³-hybridized carbons (Fsp3) is 0.633. The largest absolute Gasteiger partial charge is 0.389 e. The highest BCUT2D eigenvalue weighted by Gasteiger charge is 2.48. The van der Waals surface area contributed by atoms with Crippen molar-refractivity contribution in [3.05, 3.63) is 34.7 Å². The number of aliphatic imine (C=N–C) groups is 1. The van der Waals surface area contributed by atoms with E-state index in [0.717, 1.165) is 5.56 Å². The lowest BCUT2D eigenvalue weighted by Gasteiger charge is -2.34. The van der Waals surface area contributed by atoms with Crippen LogP contribution in [-0.4, -0.2) is 75.4 Å². The van der Waals surface area contributed by atoms with Crippen LogP contribution in [0.2, 0.25) is 0 Å². The van der Waals surface area contributed by atoms with E-state index in [1.807, 2.05) is 13.0 Å². The summed E-state index contributed by atoms with van der Waals surface area (Å²) >= 11 is 0. The molecule has 43 heavy (non-hydrogen) atoms. The zero-order valence-electron chi connectivity index (χ0n) is 25.0. The number of piperidine rings is 1. The van der Waals surface area contributed by atoms with Gasteiger partial charge in [-0.05, 0) is 87.1 Å². The second-order valence-electron chi connectivity index (χ2n) is 11.8. The predicted molar refractivity (Wildman–Crippen MR) is 159 cm³/mol. The maximum absolute atomic E-state index is 13.2. The highest BCUT2D eigenvalue weighted by atomic mass is 32.2. The van der Waals surface area contributed by atoms with Gasteiger partial charge in [0.1, 0.15) is 11.4 Å². The summed E-state index contributed by atoms with van der Waals surface area (Å²) in [4.78, 5) is 31.4. The Morgan fingerprint density at radius 3 is 2.47 bits per heavy atom. The number of methoxy groups -OCH3 is 1. The molecule has 13 heteroatoms. The number of alkyl halides is 3. The van der Waals surface area contributed by atoms with Crippen LogP contribution in [0.5, 0.6) is 0 Å². The van der Waals surface area contributed by atoms with Crippen LogP contribution in [0.4, 0.5) is 18.9 Å². The second-order valence-corrected chi connectivity index (χ2v) is 13.6. The standard InChI is InChI=1S/C30H41F3N4O5S/c1-21-20-26(37(22(2)38)17-18-42-3)9-8-24(21)11-19-43(40,41)36-15-13-29(14-16-36)28(39)34-27(35-29)25-6-4-23(5-7-25)10-12-30(31,32)33/h8-9,11,19-20,23,25H,4-7,10,12-18H2,1-3H3,(H,34,35,39)/b19-11+. The summed E-state index contributed by atoms with van der Waals surface area (Å²) in [5, 5.41) is 4.08. The monoisotopic (exact) mass is 626 g/mol. The maximum atomic E-state index is 13.2. The number of hydrogen-bond donors (Lipinski definition) is 1. The molecule has 1 saturated carbocycles. The molecule has 0 aromatic heterocycles. The van der Waals surface area contributed by atoms with Crippen molar-refractivity contribution in [1.29, 1.82) is 0 Å². The topological polar surface area (TPSA) is 108 Å². The Bertz CT molecular complexity index is 1350. The van der Waals surface area contributed by atoms with Gasteiger partial charge in [0.2, 0.25) is 15.9 Å². The van der Waals surface area contributed by atoms with Crippen molar-refractivity contribution >= 4 is 39.4 Å². The molecule has 2 fully saturated rings. The lowest BCUT2D eigenvalue weighted by Crippen LogP contribution is -2.50. The zero-order chi connectivity index (χ0) is 31.4. The van der Waals surface area contributed by atoms with Crippen LogP contribution in [0.1, 0.15) is 69.4 Å². The van der Waals surface area contributed by atoms with Crippen LogP contribution >= 0.6 is 0 Å². The Morgan fingerprint density at radius 2 is 1.88 bits per heavy atom. The van der Waals surface area contributed by atoms with Gasteiger partial charge in [0.15, 0.2) is 0 Å². The third-order valence-corrected chi connectivity index (χ3v) is 10.4. The first-order valence-electron chi connectivity index (χ1n) is 14.8. The van der Waals surface area contributed by atoms with Gasteiger partial charge in [-0.15, -0.1) is 0 Å². The number of ether oxygens (including phenoxy) is 1. The number of aryl methyl sites for hydroxylation is 1. The smallest absolute Gasteiger partial charge is 0.383 e. The predicted octanol–water partition coefficient (Wildman–Crippen LogP) is 4.81. The van der Waals surface area contributed by atoms with Crippen molar-refractivity contribution in [2.75, 3.05) is 38.3 Å². The van der Waals surface area contributed by atoms with E-state index < -0.39 is 28.2 Å². The SMILES string of the molecule is COCCN(C(C)=O)c1ccc(/C=C/S(=O)(=O)N2CCC3(CC2)N=C(C2CCC(CCC(F)(F)F)CC2)NC3=O)c(C)c1. The molecule has 238 valence electrons. The summed E-state index contributed by atoms with van der Waals surface area (Å²) in [5.74, 6) is 0.288. The van der Waals surface area contributed by atoms with Crippen molar-refractivity contribution in [2.24, 2.45) is 16.8 Å². The van der Waals surface area contributed by atoms with E-state index in [0.29, 0.717) is 55.9 Å². The first-order chi connectivity index (χ1) is 20.2. The molecule has 0 bridgehead atoms. The molecule has 9 nitrogen and oxygen atoms in total. The summed E-state index contributed by atoms with van der Waals surface area (Å²) in [7, 11) is -2.19. The molecule has 2 aliphatic heterocycles. The molecule has 3 aliphatic rings. The van der Waals surface area contributed by atoms with E-state index in [1.165, 1.54) is 22.7 Å². The Labute approximate surface area is 251 Å². The fourth-order valence-corrected chi connectivity index (χ4v) is 7.37. The molecule has 0 unspecified atom stereocenters. The second kappa shape index (κ2) is 13.5. The summed E-state index contributed by atoms with van der Waals surface area (Å²) in [6, 6.07) is 5.37. The minimum Gasteiger partial charge on any atom is -0.383 e. The molecule has 2 heterocycles. The molecule has 1 aliphatic carbocycles. The Hall–Kier alpha value is -2.77. The lowest BCUT2D eigenvalue weighted by molar-refractivity contribution is -0.138. The van der Waals surface area contributed by atoms with Crippen LogP contribution in [0.15, 0.2) is 28.6 Å². The van der Waals surface area contributed by atoms with Gasteiger partial charge >= 0.3 is 6.18 Å². The van der Waals surface area contributed by atoms with Crippen LogP contribution in [0, 0.1) is 18.8 Å². The van der Waals surface area contributed by atoms with E-state index in [2.05, 4.69) is 5.32 Å². The van der Waals surface area contributed by atoms with Crippen LogP contribution in [0.3, 0.4) is 0 Å². The van der Waals surface area contributed by atoms with E-state index >= 15 is 0 Å².